The topological polar surface area (TPSA) is 59.1 Å². The zero-order valence-electron chi connectivity index (χ0n) is 38.1. The molecule has 54 heavy (non-hydrogen) atoms. The molecule has 0 radical (unpaired) electrons. The van der Waals surface area contributed by atoms with Crippen LogP contribution in [0.1, 0.15) is 186 Å². The Morgan fingerprint density at radius 2 is 0.907 bits per heavy atom. The molecule has 0 aromatic carbocycles. The van der Waals surface area contributed by atoms with Gasteiger partial charge in [-0.3, -0.25) is 0 Å². The second kappa shape index (κ2) is 27.3. The van der Waals surface area contributed by atoms with E-state index in [4.69, 9.17) is 9.47 Å². The van der Waals surface area contributed by atoms with Crippen LogP contribution in [0.2, 0.25) is 26.6 Å². The molecule has 0 N–H and O–H groups in total. The van der Waals surface area contributed by atoms with Crippen molar-refractivity contribution in [3.63, 3.8) is 0 Å². The van der Waals surface area contributed by atoms with Gasteiger partial charge in [0.05, 0.1) is 0 Å². The summed E-state index contributed by atoms with van der Waals surface area (Å²) in [6, 6.07) is 0. The molecule has 2 heterocycles. The number of rotatable bonds is 20. The summed E-state index contributed by atoms with van der Waals surface area (Å²) in [6.45, 7) is 29.0. The molecule has 2 amide bonds. The first-order valence-corrected chi connectivity index (χ1v) is 37.9. The van der Waals surface area contributed by atoms with Gasteiger partial charge < -0.3 is 0 Å². The molecule has 0 aromatic heterocycles. The van der Waals surface area contributed by atoms with Gasteiger partial charge in [-0.05, 0) is 0 Å². The molecule has 2 aliphatic heterocycles. The van der Waals surface area contributed by atoms with E-state index in [1.165, 1.54) is 110 Å². The van der Waals surface area contributed by atoms with E-state index in [1.54, 1.807) is 0 Å². The van der Waals surface area contributed by atoms with Crippen molar-refractivity contribution in [3.8, 4) is 0 Å². The summed E-state index contributed by atoms with van der Waals surface area (Å²) >= 11 is -4.65. The van der Waals surface area contributed by atoms with Gasteiger partial charge in [0.15, 0.2) is 0 Å². The number of ether oxygens (including phenoxy) is 2. The number of carbonyl (C=O) groups excluding carboxylic acids is 2. The van der Waals surface area contributed by atoms with E-state index in [0.717, 1.165) is 45.4 Å². The normalized spacial score (nSPS) is 16.1. The number of amides is 2. The average Bonchev–Trinajstić information content (AvgIpc) is 3.53. The molecular weight excluding hydrogens is 882 g/mol. The van der Waals surface area contributed by atoms with Crippen molar-refractivity contribution in [1.82, 2.24) is 9.80 Å². The van der Waals surface area contributed by atoms with Crippen LogP contribution in [0.25, 0.3) is 0 Å². The van der Waals surface area contributed by atoms with Crippen LogP contribution in [0.15, 0.2) is 19.3 Å². The predicted octanol–water partition coefficient (Wildman–Crippen LogP) is 14.7. The Kier molecular flexibility index (Phi) is 26.1. The summed E-state index contributed by atoms with van der Waals surface area (Å²) in [4.78, 5) is 28.9. The Bertz CT molecular complexity index is 1060. The van der Waals surface area contributed by atoms with Gasteiger partial charge in [-0.1, -0.05) is 0 Å². The molecule has 0 fully saturated rings. The van der Waals surface area contributed by atoms with Gasteiger partial charge in [0.1, 0.15) is 0 Å². The molecule has 316 valence electrons. The van der Waals surface area contributed by atoms with Gasteiger partial charge in [0, 0.05) is 0 Å². The summed E-state index contributed by atoms with van der Waals surface area (Å²) in [7, 11) is 0. The number of hydrogen-bond acceptors (Lipinski definition) is 4. The van der Waals surface area contributed by atoms with Crippen molar-refractivity contribution in [3.05, 3.63) is 19.3 Å². The summed E-state index contributed by atoms with van der Waals surface area (Å²) < 4.78 is 24.0. The molecule has 2 aliphatic rings. The zero-order valence-corrected chi connectivity index (χ0v) is 43.8. The molecule has 0 atom stereocenters. The fourth-order valence-electron chi connectivity index (χ4n) is 8.51. The van der Waals surface area contributed by atoms with Crippen LogP contribution in [0.5, 0.6) is 0 Å². The first-order chi connectivity index (χ1) is 25.6. The fourth-order valence-corrected chi connectivity index (χ4v) is 42.9. The van der Waals surface area contributed by atoms with Gasteiger partial charge in [-0.15, -0.1) is 0 Å². The molecule has 0 aromatic rings. The first-order valence-electron chi connectivity index (χ1n) is 22.9. The molecule has 0 saturated heterocycles. The predicted molar refractivity (Wildman–Crippen MR) is 240 cm³/mol. The van der Waals surface area contributed by atoms with Gasteiger partial charge in [0.2, 0.25) is 0 Å². The average molecular weight is 973 g/mol. The van der Waals surface area contributed by atoms with Gasteiger partial charge >= 0.3 is 347 Å². The third-order valence-electron chi connectivity index (χ3n) is 11.6. The van der Waals surface area contributed by atoms with E-state index in [2.05, 4.69) is 53.7 Å². The molecule has 8 heteroatoms. The Morgan fingerprint density at radius 1 is 0.537 bits per heavy atom. The van der Waals surface area contributed by atoms with Crippen LogP contribution >= 0.6 is 0 Å². The van der Waals surface area contributed by atoms with Crippen molar-refractivity contribution >= 4 is 48.9 Å². The van der Waals surface area contributed by atoms with Crippen molar-refractivity contribution in [2.24, 2.45) is 0 Å². The molecule has 0 saturated carbocycles. The summed E-state index contributed by atoms with van der Waals surface area (Å²) in [5.74, 6) is 0. The Labute approximate surface area is 344 Å². The maximum atomic E-state index is 12.5. The van der Waals surface area contributed by atoms with Crippen molar-refractivity contribution in [2.45, 2.75) is 224 Å². The molecule has 0 aliphatic carbocycles. The zero-order chi connectivity index (χ0) is 40.7. The number of nitrogens with zero attached hydrogens (tertiary/aromatic N) is 2. The third kappa shape index (κ3) is 19.9. The molecule has 0 unspecified atom stereocenters. The molecule has 0 spiro atoms. The number of carbonyl (C=O) groups is 2. The minimum atomic E-state index is -2.33. The van der Waals surface area contributed by atoms with Crippen LogP contribution in [-0.2, 0) is 9.47 Å². The second-order valence-corrected chi connectivity index (χ2v) is 45.5. The van der Waals surface area contributed by atoms with E-state index in [0.29, 0.717) is 0 Å². The standard InChI is InChI=1S/2C11H18NO2.6C4H9.2Sn/c2*1-11(2,3)14-10(13)12-8-6-4-5-7-9-12;6*1-3-4-2;;/h7H,4,6,8-9H2,1-3H3;4H,6-9H2,1-3H3;6*1,3-4H2,2H3;;. The van der Waals surface area contributed by atoms with E-state index in [-0.39, 0.29) is 12.2 Å². The van der Waals surface area contributed by atoms with Crippen LogP contribution in [0.4, 0.5) is 9.59 Å². The summed E-state index contributed by atoms with van der Waals surface area (Å²) in [6.07, 6.45) is 25.5. The number of hydrogen-bond donors (Lipinski definition) is 0. The Balaban J connectivity index is 0.000000540. The van der Waals surface area contributed by atoms with Crippen molar-refractivity contribution in [1.29, 1.82) is 0 Å². The quantitative estimate of drug-likeness (QED) is 0.114. The summed E-state index contributed by atoms with van der Waals surface area (Å²) in [5, 5.41) is 0. The van der Waals surface area contributed by atoms with E-state index in [9.17, 15) is 9.59 Å². The minimum absolute atomic E-state index is 0.131. The first kappa shape index (κ1) is 51.6. The van der Waals surface area contributed by atoms with Crippen LogP contribution in [0, 0.1) is 0 Å². The van der Waals surface area contributed by atoms with Crippen molar-refractivity contribution < 1.29 is 19.1 Å². The van der Waals surface area contributed by atoms with E-state index < -0.39 is 48.0 Å². The molecular formula is C46H90N2O4Sn2. The van der Waals surface area contributed by atoms with Gasteiger partial charge in [0.25, 0.3) is 0 Å². The molecule has 6 nitrogen and oxygen atoms in total. The summed E-state index contributed by atoms with van der Waals surface area (Å²) in [5.41, 5.74) is -0.825. The van der Waals surface area contributed by atoms with Gasteiger partial charge in [-0.2, -0.15) is 0 Å². The Morgan fingerprint density at radius 3 is 1.28 bits per heavy atom. The molecule has 2 rings (SSSR count). The Hall–Kier alpha value is -0.383. The SMILES string of the molecule is CCC[CH2][Sn]([CH2]CCC)([CH2]CCC)[C]1=CCCN(C(=O)OC(C)(C)C)CC1.CCC[CH2][Sn]([CH2]CCC)([CH2]CCC)[C]1=CCN(C(=O)OC(C)(C)C)CCC1. The van der Waals surface area contributed by atoms with Crippen LogP contribution < -0.4 is 0 Å². The van der Waals surface area contributed by atoms with Crippen LogP contribution in [-0.4, -0.2) is 96.1 Å². The van der Waals surface area contributed by atoms with Crippen LogP contribution in [0.3, 0.4) is 0 Å². The fraction of sp³-hybridized carbons (Fsp3) is 0.870. The second-order valence-electron chi connectivity index (χ2n) is 18.7. The number of allylic oxidation sites excluding steroid dienone is 1. The monoisotopic (exact) mass is 974 g/mol. The van der Waals surface area contributed by atoms with Gasteiger partial charge in [-0.25, -0.2) is 0 Å². The van der Waals surface area contributed by atoms with E-state index in [1.807, 2.05) is 58.5 Å². The van der Waals surface area contributed by atoms with Crippen molar-refractivity contribution in [2.75, 3.05) is 26.2 Å². The molecule has 0 bridgehead atoms. The maximum absolute atomic E-state index is 12.5. The van der Waals surface area contributed by atoms with E-state index >= 15 is 0 Å². The third-order valence-corrected chi connectivity index (χ3v) is 44.4. The number of unbranched alkanes of at least 4 members (excludes halogenated alkanes) is 6.